The van der Waals surface area contributed by atoms with Crippen molar-refractivity contribution in [1.29, 1.82) is 0 Å². The standard InChI is InChI=1S/C28H42O6S/c1-17(2)23-13-21(14-24(18(3)4)27(23)33-11-9-29)35(31,32)22-15-25(19(5)6)28(34-12-10-30)26(16-22)20(7)8/h13-20,29-30H,9-12H2,1-8H3. The van der Waals surface area contributed by atoms with Gasteiger partial charge in [-0.2, -0.15) is 0 Å². The van der Waals surface area contributed by atoms with Crippen molar-refractivity contribution in [1.82, 2.24) is 0 Å². The number of rotatable bonds is 12. The highest BCUT2D eigenvalue weighted by molar-refractivity contribution is 7.91. The molecule has 7 heteroatoms. The molecule has 0 atom stereocenters. The molecular weight excluding hydrogens is 464 g/mol. The molecule has 0 unspecified atom stereocenters. The third-order valence-corrected chi connectivity index (χ3v) is 7.74. The van der Waals surface area contributed by atoms with Crippen LogP contribution in [-0.2, 0) is 9.84 Å². The van der Waals surface area contributed by atoms with Crippen LogP contribution >= 0.6 is 0 Å². The van der Waals surface area contributed by atoms with Gasteiger partial charge >= 0.3 is 0 Å². The highest BCUT2D eigenvalue weighted by Crippen LogP contribution is 2.41. The Morgan fingerprint density at radius 3 is 1.06 bits per heavy atom. The first-order valence-electron chi connectivity index (χ1n) is 12.4. The van der Waals surface area contributed by atoms with E-state index in [9.17, 15) is 18.6 Å². The van der Waals surface area contributed by atoms with Crippen molar-refractivity contribution in [2.45, 2.75) is 88.9 Å². The number of hydrogen-bond acceptors (Lipinski definition) is 6. The maximum absolute atomic E-state index is 14.0. The molecule has 0 radical (unpaired) electrons. The van der Waals surface area contributed by atoms with Gasteiger partial charge in [-0.25, -0.2) is 8.42 Å². The second kappa shape index (κ2) is 12.2. The van der Waals surface area contributed by atoms with Gasteiger partial charge in [0, 0.05) is 0 Å². The van der Waals surface area contributed by atoms with Crippen molar-refractivity contribution in [3.05, 3.63) is 46.5 Å². The van der Waals surface area contributed by atoms with Gasteiger partial charge < -0.3 is 19.7 Å². The van der Waals surface area contributed by atoms with Crippen molar-refractivity contribution in [3.63, 3.8) is 0 Å². The maximum Gasteiger partial charge on any atom is 0.206 e. The topological polar surface area (TPSA) is 93.1 Å². The van der Waals surface area contributed by atoms with Crippen molar-refractivity contribution in [2.75, 3.05) is 26.4 Å². The molecule has 2 rings (SSSR count). The lowest BCUT2D eigenvalue weighted by molar-refractivity contribution is 0.198. The zero-order valence-electron chi connectivity index (χ0n) is 22.4. The summed E-state index contributed by atoms with van der Waals surface area (Å²) in [5.41, 5.74) is 3.22. The number of benzene rings is 2. The molecule has 6 nitrogen and oxygen atoms in total. The first-order chi connectivity index (χ1) is 16.4. The highest BCUT2D eigenvalue weighted by Gasteiger charge is 2.27. The van der Waals surface area contributed by atoms with Crippen LogP contribution in [0.3, 0.4) is 0 Å². The molecule has 35 heavy (non-hydrogen) atoms. The minimum absolute atomic E-state index is 0.0306. The van der Waals surface area contributed by atoms with Crippen LogP contribution in [0.2, 0.25) is 0 Å². The summed E-state index contributed by atoms with van der Waals surface area (Å²) >= 11 is 0. The number of hydrogen-bond donors (Lipinski definition) is 2. The minimum atomic E-state index is -3.85. The van der Waals surface area contributed by atoms with Gasteiger partial charge in [-0.3, -0.25) is 0 Å². The smallest absolute Gasteiger partial charge is 0.206 e. The van der Waals surface area contributed by atoms with Crippen molar-refractivity contribution >= 4 is 9.84 Å². The van der Waals surface area contributed by atoms with E-state index in [0.29, 0.717) is 11.5 Å². The molecule has 0 aliphatic rings. The minimum Gasteiger partial charge on any atom is -0.491 e. The van der Waals surface area contributed by atoms with E-state index < -0.39 is 9.84 Å². The monoisotopic (exact) mass is 506 g/mol. The number of sulfone groups is 1. The summed E-state index contributed by atoms with van der Waals surface area (Å²) in [6.07, 6.45) is 0. The number of aliphatic hydroxyl groups excluding tert-OH is 2. The zero-order valence-corrected chi connectivity index (χ0v) is 23.2. The average Bonchev–Trinajstić information content (AvgIpc) is 2.79. The molecule has 0 bridgehead atoms. The van der Waals surface area contributed by atoms with Crippen LogP contribution in [0.1, 0.15) is 101 Å². The molecule has 0 amide bonds. The second-order valence-corrected chi connectivity index (χ2v) is 12.1. The molecule has 0 fully saturated rings. The maximum atomic E-state index is 14.0. The van der Waals surface area contributed by atoms with Crippen molar-refractivity contribution in [3.8, 4) is 11.5 Å². The summed E-state index contributed by atoms with van der Waals surface area (Å²) in [5.74, 6) is 1.43. The van der Waals surface area contributed by atoms with Crippen LogP contribution in [-0.4, -0.2) is 45.1 Å². The quantitative estimate of drug-likeness (QED) is 0.380. The molecule has 0 aliphatic heterocycles. The van der Waals surface area contributed by atoms with E-state index in [4.69, 9.17) is 9.47 Å². The predicted octanol–water partition coefficient (Wildman–Crippen LogP) is 5.76. The summed E-state index contributed by atoms with van der Waals surface area (Å²) in [5, 5.41) is 18.6. The van der Waals surface area contributed by atoms with Gasteiger partial charge in [-0.05, 0) is 70.2 Å². The van der Waals surface area contributed by atoms with E-state index in [0.717, 1.165) is 22.3 Å². The Hall–Kier alpha value is -2.09. The average molecular weight is 507 g/mol. The molecule has 0 heterocycles. The molecule has 2 aromatic rings. The summed E-state index contributed by atoms with van der Waals surface area (Å²) in [6.45, 7) is 16.1. The largest absolute Gasteiger partial charge is 0.491 e. The second-order valence-electron chi connectivity index (χ2n) is 10.1. The Balaban J connectivity index is 2.82. The molecule has 0 aromatic heterocycles. The summed E-state index contributed by atoms with van der Waals surface area (Å²) in [6, 6.07) is 6.83. The van der Waals surface area contributed by atoms with Crippen LogP contribution in [0, 0.1) is 0 Å². The van der Waals surface area contributed by atoms with Crippen LogP contribution < -0.4 is 9.47 Å². The van der Waals surface area contributed by atoms with E-state index in [1.54, 1.807) is 24.3 Å². The molecule has 2 N–H and O–H groups in total. The van der Waals surface area contributed by atoms with E-state index in [2.05, 4.69) is 0 Å². The Labute approximate surface area is 211 Å². The zero-order chi connectivity index (χ0) is 26.5. The van der Waals surface area contributed by atoms with Gasteiger partial charge in [0.05, 0.1) is 23.0 Å². The van der Waals surface area contributed by atoms with E-state index in [1.165, 1.54) is 0 Å². The Morgan fingerprint density at radius 1 is 0.600 bits per heavy atom. The lowest BCUT2D eigenvalue weighted by Crippen LogP contribution is -2.13. The molecule has 0 spiro atoms. The van der Waals surface area contributed by atoms with E-state index in [-0.39, 0.29) is 59.9 Å². The Kier molecular flexibility index (Phi) is 10.2. The molecule has 0 aliphatic carbocycles. The van der Waals surface area contributed by atoms with Crippen molar-refractivity contribution < 1.29 is 28.1 Å². The SMILES string of the molecule is CC(C)c1cc(S(=O)(=O)c2cc(C(C)C)c(OCCO)c(C(C)C)c2)cc(C(C)C)c1OCCO. The van der Waals surface area contributed by atoms with E-state index >= 15 is 0 Å². The Bertz CT molecular complexity index is 961. The van der Waals surface area contributed by atoms with Gasteiger partial charge in [0.15, 0.2) is 0 Å². The van der Waals surface area contributed by atoms with Gasteiger partial charge in [0.2, 0.25) is 9.84 Å². The van der Waals surface area contributed by atoms with Crippen LogP contribution in [0.4, 0.5) is 0 Å². The first-order valence-corrected chi connectivity index (χ1v) is 13.9. The fourth-order valence-electron chi connectivity index (χ4n) is 4.08. The van der Waals surface area contributed by atoms with Gasteiger partial charge in [0.25, 0.3) is 0 Å². The highest BCUT2D eigenvalue weighted by atomic mass is 32.2. The van der Waals surface area contributed by atoms with Gasteiger partial charge in [-0.15, -0.1) is 0 Å². The van der Waals surface area contributed by atoms with Gasteiger partial charge in [-0.1, -0.05) is 55.4 Å². The lowest BCUT2D eigenvalue weighted by Gasteiger charge is -2.23. The van der Waals surface area contributed by atoms with Gasteiger partial charge in [0.1, 0.15) is 24.7 Å². The molecule has 2 aromatic carbocycles. The number of ether oxygens (including phenoxy) is 2. The summed E-state index contributed by atoms with van der Waals surface area (Å²) < 4.78 is 39.8. The number of aliphatic hydroxyl groups is 2. The van der Waals surface area contributed by atoms with Crippen LogP contribution in [0.15, 0.2) is 34.1 Å². The normalized spacial score (nSPS) is 12.3. The molecule has 196 valence electrons. The molecular formula is C28H42O6S. The fraction of sp³-hybridized carbons (Fsp3) is 0.571. The third-order valence-electron chi connectivity index (χ3n) is 6.02. The fourth-order valence-corrected chi connectivity index (χ4v) is 5.48. The van der Waals surface area contributed by atoms with Crippen LogP contribution in [0.25, 0.3) is 0 Å². The third kappa shape index (κ3) is 6.57. The predicted molar refractivity (Wildman–Crippen MR) is 140 cm³/mol. The Morgan fingerprint density at radius 2 is 0.857 bits per heavy atom. The lowest BCUT2D eigenvalue weighted by atomic mass is 9.94. The molecule has 0 saturated carbocycles. The van der Waals surface area contributed by atoms with Crippen molar-refractivity contribution in [2.24, 2.45) is 0 Å². The first kappa shape index (κ1) is 29.1. The molecule has 0 saturated heterocycles. The summed E-state index contributed by atoms with van der Waals surface area (Å²) in [7, 11) is -3.85. The van der Waals surface area contributed by atoms with E-state index in [1.807, 2.05) is 55.4 Å². The van der Waals surface area contributed by atoms with Crippen LogP contribution in [0.5, 0.6) is 11.5 Å². The summed E-state index contributed by atoms with van der Waals surface area (Å²) in [4.78, 5) is 0.462.